The maximum Gasteiger partial charge on any atom is 0.286 e. The zero-order valence-corrected chi connectivity index (χ0v) is 26.6. The Morgan fingerprint density at radius 1 is 0.957 bits per heavy atom. The average molecular weight is 684 g/mol. The van der Waals surface area contributed by atoms with Gasteiger partial charge >= 0.3 is 0 Å². The summed E-state index contributed by atoms with van der Waals surface area (Å²) in [6.07, 6.45) is 4.00. The van der Waals surface area contributed by atoms with Gasteiger partial charge in [-0.05, 0) is 57.2 Å². The van der Waals surface area contributed by atoms with Crippen molar-refractivity contribution in [3.63, 3.8) is 0 Å². The minimum absolute atomic E-state index is 0.0336. The van der Waals surface area contributed by atoms with Crippen LogP contribution in [0, 0.1) is 38.2 Å². The highest BCUT2D eigenvalue weighted by atomic mass is 32.2. The molecule has 47 heavy (non-hydrogen) atoms. The molecule has 0 radical (unpaired) electrons. The van der Waals surface area contributed by atoms with Crippen LogP contribution in [0.2, 0.25) is 0 Å². The topological polar surface area (TPSA) is 162 Å². The number of sulfonamides is 1. The van der Waals surface area contributed by atoms with Gasteiger partial charge in [-0.1, -0.05) is 6.07 Å². The second-order valence-electron chi connectivity index (χ2n) is 10.6. The van der Waals surface area contributed by atoms with Gasteiger partial charge in [0.15, 0.2) is 5.82 Å². The maximum absolute atomic E-state index is 15.7. The Hall–Kier alpha value is -5.29. The lowest BCUT2D eigenvalue weighted by Gasteiger charge is -2.12. The standard InChI is InChI=1S/C30H24F3N7O5S2/c1-15-25(14-39(4)36-15)47(44,45)40-17(3)26(16(2)37-40)18-10-21-22(13-35-30(21)34-12-18)29(41)27-23(32)8-9-24(28(27)33)38-46(42,43)20-7-5-6-19(31)11-20/h5-14,38H,1-4H3,(H,34,35). The van der Waals surface area contributed by atoms with Crippen molar-refractivity contribution in [3.8, 4) is 11.1 Å². The molecule has 2 aromatic carbocycles. The monoisotopic (exact) mass is 683 g/mol. The molecule has 0 spiro atoms. The van der Waals surface area contributed by atoms with E-state index >= 15 is 8.78 Å². The molecule has 0 bridgehead atoms. The molecule has 2 N–H and O–H groups in total. The lowest BCUT2D eigenvalue weighted by Crippen LogP contribution is -2.16. The minimum Gasteiger partial charge on any atom is -0.345 e. The number of aryl methyl sites for hydroxylation is 3. The molecule has 4 heterocycles. The van der Waals surface area contributed by atoms with Gasteiger partial charge in [0.25, 0.3) is 20.0 Å². The Balaban J connectivity index is 1.40. The Bertz CT molecular complexity index is 2490. The fourth-order valence-corrected chi connectivity index (χ4v) is 7.99. The summed E-state index contributed by atoms with van der Waals surface area (Å²) in [5, 5.41) is 8.51. The molecule has 0 fully saturated rings. The number of aromatic amines is 1. The van der Waals surface area contributed by atoms with Crippen LogP contribution in [0.1, 0.15) is 33.0 Å². The van der Waals surface area contributed by atoms with Crippen molar-refractivity contribution in [2.24, 2.45) is 7.05 Å². The van der Waals surface area contributed by atoms with Crippen molar-refractivity contribution in [2.75, 3.05) is 4.72 Å². The van der Waals surface area contributed by atoms with Crippen molar-refractivity contribution in [3.05, 3.63) is 107 Å². The van der Waals surface area contributed by atoms with Gasteiger partial charge in [0, 0.05) is 47.7 Å². The second-order valence-corrected chi connectivity index (χ2v) is 14.1. The number of pyridine rings is 1. The number of nitrogens with zero attached hydrogens (tertiary/aromatic N) is 5. The second kappa shape index (κ2) is 11.2. The van der Waals surface area contributed by atoms with E-state index in [1.165, 1.54) is 29.3 Å². The number of hydrogen-bond acceptors (Lipinski definition) is 8. The van der Waals surface area contributed by atoms with Crippen LogP contribution in [0.5, 0.6) is 0 Å². The maximum atomic E-state index is 15.7. The molecular formula is C30H24F3N7O5S2. The van der Waals surface area contributed by atoms with Crippen molar-refractivity contribution >= 4 is 42.6 Å². The normalized spacial score (nSPS) is 12.1. The molecule has 0 unspecified atom stereocenters. The summed E-state index contributed by atoms with van der Waals surface area (Å²) in [6, 6.07) is 7.00. The third kappa shape index (κ3) is 5.36. The lowest BCUT2D eigenvalue weighted by molar-refractivity contribution is 0.103. The summed E-state index contributed by atoms with van der Waals surface area (Å²) >= 11 is 0. The molecular weight excluding hydrogens is 660 g/mol. The van der Waals surface area contributed by atoms with E-state index in [-0.39, 0.29) is 32.9 Å². The van der Waals surface area contributed by atoms with E-state index < -0.39 is 59.4 Å². The zero-order valence-electron chi connectivity index (χ0n) is 25.0. The van der Waals surface area contributed by atoms with Gasteiger partial charge in [-0.15, -0.1) is 0 Å². The largest absolute Gasteiger partial charge is 0.345 e. The molecule has 0 aliphatic heterocycles. The fraction of sp³-hybridized carbons (Fsp3) is 0.133. The van der Waals surface area contributed by atoms with Crippen LogP contribution >= 0.6 is 0 Å². The van der Waals surface area contributed by atoms with E-state index in [4.69, 9.17) is 0 Å². The first-order valence-corrected chi connectivity index (χ1v) is 16.6. The number of H-pyrrole nitrogens is 1. The lowest BCUT2D eigenvalue weighted by atomic mass is 9.99. The number of carbonyl (C=O) groups is 1. The highest BCUT2D eigenvalue weighted by Crippen LogP contribution is 2.33. The van der Waals surface area contributed by atoms with Crippen LogP contribution < -0.4 is 4.72 Å². The van der Waals surface area contributed by atoms with Crippen molar-refractivity contribution in [2.45, 2.75) is 30.6 Å². The van der Waals surface area contributed by atoms with Gasteiger partial charge in [-0.2, -0.15) is 22.7 Å². The molecule has 0 aliphatic carbocycles. The Morgan fingerprint density at radius 3 is 2.38 bits per heavy atom. The molecule has 6 rings (SSSR count). The number of carbonyl (C=O) groups excluding carboxylic acids is 1. The Labute approximate surface area is 266 Å². The molecule has 4 aromatic heterocycles. The number of aromatic nitrogens is 6. The van der Waals surface area contributed by atoms with Gasteiger partial charge in [-0.25, -0.2) is 26.6 Å². The molecule has 0 amide bonds. The summed E-state index contributed by atoms with van der Waals surface area (Å²) in [5.74, 6) is -4.73. The molecule has 6 aromatic rings. The predicted molar refractivity (Wildman–Crippen MR) is 164 cm³/mol. The minimum atomic E-state index is -4.51. The Morgan fingerprint density at radius 2 is 1.70 bits per heavy atom. The number of rotatable bonds is 8. The molecule has 17 heteroatoms. The summed E-state index contributed by atoms with van der Waals surface area (Å²) in [4.78, 5) is 20.2. The van der Waals surface area contributed by atoms with Gasteiger partial charge in [0.2, 0.25) is 5.78 Å². The van der Waals surface area contributed by atoms with Gasteiger partial charge in [0.05, 0.1) is 33.2 Å². The van der Waals surface area contributed by atoms with Crippen LogP contribution in [0.3, 0.4) is 0 Å². The molecule has 0 saturated carbocycles. The van der Waals surface area contributed by atoms with Crippen LogP contribution in [0.25, 0.3) is 22.2 Å². The summed E-state index contributed by atoms with van der Waals surface area (Å²) in [6.45, 7) is 4.70. The fourth-order valence-electron chi connectivity index (χ4n) is 5.33. The van der Waals surface area contributed by atoms with Gasteiger partial charge in [-0.3, -0.25) is 14.2 Å². The SMILES string of the molecule is Cc1nn(C)cc1S(=O)(=O)n1nc(C)c(-c2cnc3[nH]cc(C(=O)c4c(F)ccc(NS(=O)(=O)c5cccc(F)c5)c4F)c3c2)c1C. The highest BCUT2D eigenvalue weighted by molar-refractivity contribution is 7.92. The number of benzene rings is 2. The number of halogens is 3. The van der Waals surface area contributed by atoms with E-state index in [0.29, 0.717) is 16.8 Å². The molecule has 12 nitrogen and oxygen atoms in total. The van der Waals surface area contributed by atoms with E-state index in [9.17, 15) is 26.0 Å². The van der Waals surface area contributed by atoms with Crippen LogP contribution in [0.15, 0.2) is 70.8 Å². The molecule has 0 aliphatic rings. The summed E-state index contributed by atoms with van der Waals surface area (Å²) in [5.41, 5.74) is -0.182. The average Bonchev–Trinajstić information content (AvgIpc) is 3.68. The number of anilines is 1. The first-order chi connectivity index (χ1) is 22.1. The van der Waals surface area contributed by atoms with Crippen molar-refractivity contribution < 1.29 is 34.8 Å². The van der Waals surface area contributed by atoms with Crippen LogP contribution in [0.4, 0.5) is 18.9 Å². The zero-order chi connectivity index (χ0) is 34.0. The summed E-state index contributed by atoms with van der Waals surface area (Å²) < 4.78 is 101. The van der Waals surface area contributed by atoms with Crippen molar-refractivity contribution in [1.82, 2.24) is 28.9 Å². The quantitative estimate of drug-likeness (QED) is 0.217. The molecule has 242 valence electrons. The van der Waals surface area contributed by atoms with E-state index in [1.54, 1.807) is 27.8 Å². The van der Waals surface area contributed by atoms with Crippen LogP contribution in [-0.4, -0.2) is 51.6 Å². The number of fused-ring (bicyclic) bond motifs is 1. The number of ketones is 1. The van der Waals surface area contributed by atoms with Gasteiger partial charge in [0.1, 0.15) is 22.2 Å². The predicted octanol–water partition coefficient (Wildman–Crippen LogP) is 4.77. The van der Waals surface area contributed by atoms with E-state index in [1.807, 2.05) is 4.72 Å². The third-order valence-corrected chi connectivity index (χ3v) is 10.6. The highest BCUT2D eigenvalue weighted by Gasteiger charge is 2.29. The number of nitrogens with one attached hydrogen (secondary N) is 2. The first-order valence-electron chi connectivity index (χ1n) is 13.7. The van der Waals surface area contributed by atoms with Gasteiger partial charge < -0.3 is 4.98 Å². The van der Waals surface area contributed by atoms with Crippen molar-refractivity contribution in [1.29, 1.82) is 0 Å². The number of hydrogen-bond donors (Lipinski definition) is 2. The summed E-state index contributed by atoms with van der Waals surface area (Å²) in [7, 11) is -7.05. The van der Waals surface area contributed by atoms with Crippen LogP contribution in [-0.2, 0) is 27.1 Å². The Kier molecular flexibility index (Phi) is 7.55. The molecule has 0 saturated heterocycles. The van der Waals surface area contributed by atoms with E-state index in [2.05, 4.69) is 20.2 Å². The third-order valence-electron chi connectivity index (χ3n) is 7.46. The first kappa shape index (κ1) is 31.7. The van der Waals surface area contributed by atoms with E-state index in [0.717, 1.165) is 40.5 Å². The molecule has 0 atom stereocenters. The smallest absolute Gasteiger partial charge is 0.286 e.